The number of nitrogens with one attached hydrogen (secondary N) is 2. The molecule has 0 bridgehead atoms. The summed E-state index contributed by atoms with van der Waals surface area (Å²) in [4.78, 5) is 48.7. The highest BCUT2D eigenvalue weighted by molar-refractivity contribution is 5.91. The van der Waals surface area contributed by atoms with Gasteiger partial charge in [-0.25, -0.2) is 4.79 Å². The lowest BCUT2D eigenvalue weighted by Crippen LogP contribution is -2.54. The summed E-state index contributed by atoms with van der Waals surface area (Å²) in [6, 6.07) is 7.17. The van der Waals surface area contributed by atoms with E-state index in [1.807, 2.05) is 44.2 Å². The second-order valence-corrected chi connectivity index (χ2v) is 8.98. The molecular formula is C23H35N3O6. The molecule has 0 radical (unpaired) electrons. The number of alkyl carbamates (subject to hydrolysis) is 1. The maximum absolute atomic E-state index is 12.7. The zero-order chi connectivity index (χ0) is 24.3. The molecule has 2 atom stereocenters. The van der Waals surface area contributed by atoms with Crippen molar-refractivity contribution in [3.05, 3.63) is 35.9 Å². The lowest BCUT2D eigenvalue weighted by molar-refractivity contribution is -0.145. The number of rotatable bonds is 11. The van der Waals surface area contributed by atoms with Crippen LogP contribution in [0.15, 0.2) is 30.3 Å². The van der Waals surface area contributed by atoms with Crippen molar-refractivity contribution in [2.24, 2.45) is 11.7 Å². The maximum atomic E-state index is 12.7. The van der Waals surface area contributed by atoms with Crippen molar-refractivity contribution in [2.45, 2.75) is 78.2 Å². The number of carbonyl (C=O) groups is 4. The standard InChI is InChI=1S/C23H35N3O6/c1-15(2)13-18(26-22(30)32-23(3,4)5)21(29)25-17(20(24)28)11-12-19(27)31-14-16-9-7-6-8-10-16/h6-10,15,17-18H,11-14H2,1-5H3,(H2,24,28)(H,25,29)(H,26,30)/t17-,18-/m0/s1. The molecule has 3 amide bonds. The number of carbonyl (C=O) groups excluding carboxylic acids is 4. The van der Waals surface area contributed by atoms with Gasteiger partial charge in [-0.05, 0) is 45.1 Å². The average Bonchev–Trinajstić information content (AvgIpc) is 2.67. The fourth-order valence-corrected chi connectivity index (χ4v) is 2.78. The van der Waals surface area contributed by atoms with E-state index in [1.165, 1.54) is 0 Å². The summed E-state index contributed by atoms with van der Waals surface area (Å²) in [5, 5.41) is 5.06. The van der Waals surface area contributed by atoms with Crippen molar-refractivity contribution >= 4 is 23.9 Å². The van der Waals surface area contributed by atoms with Crippen LogP contribution in [0.4, 0.5) is 4.79 Å². The third kappa shape index (κ3) is 11.3. The molecule has 9 heteroatoms. The van der Waals surface area contributed by atoms with Gasteiger partial charge in [-0.2, -0.15) is 0 Å². The molecule has 32 heavy (non-hydrogen) atoms. The van der Waals surface area contributed by atoms with Crippen LogP contribution in [-0.4, -0.2) is 41.6 Å². The molecule has 0 fully saturated rings. The third-order valence-electron chi connectivity index (χ3n) is 4.25. The second-order valence-electron chi connectivity index (χ2n) is 8.98. The number of primary amides is 1. The van der Waals surface area contributed by atoms with Crippen LogP contribution in [0, 0.1) is 5.92 Å². The lowest BCUT2D eigenvalue weighted by Gasteiger charge is -2.25. The van der Waals surface area contributed by atoms with Crippen molar-refractivity contribution in [2.75, 3.05) is 0 Å². The Hall–Kier alpha value is -3.10. The van der Waals surface area contributed by atoms with E-state index in [1.54, 1.807) is 20.8 Å². The van der Waals surface area contributed by atoms with Crippen LogP contribution >= 0.6 is 0 Å². The summed E-state index contributed by atoms with van der Waals surface area (Å²) in [5.41, 5.74) is 5.52. The molecule has 0 unspecified atom stereocenters. The van der Waals surface area contributed by atoms with Crippen LogP contribution in [-0.2, 0) is 30.5 Å². The topological polar surface area (TPSA) is 137 Å². The van der Waals surface area contributed by atoms with E-state index in [4.69, 9.17) is 15.2 Å². The molecule has 0 saturated heterocycles. The second kappa shape index (κ2) is 12.7. The Balaban J connectivity index is 2.65. The number of hydrogen-bond acceptors (Lipinski definition) is 6. The summed E-state index contributed by atoms with van der Waals surface area (Å²) in [7, 11) is 0. The average molecular weight is 450 g/mol. The van der Waals surface area contributed by atoms with Crippen molar-refractivity contribution in [1.29, 1.82) is 0 Å². The fraction of sp³-hybridized carbons (Fsp3) is 0.565. The van der Waals surface area contributed by atoms with Gasteiger partial charge in [0.2, 0.25) is 11.8 Å². The Morgan fingerprint density at radius 2 is 1.62 bits per heavy atom. The van der Waals surface area contributed by atoms with Crippen LogP contribution < -0.4 is 16.4 Å². The molecular weight excluding hydrogens is 414 g/mol. The molecule has 0 saturated carbocycles. The van der Waals surface area contributed by atoms with E-state index in [2.05, 4.69) is 10.6 Å². The number of benzene rings is 1. The largest absolute Gasteiger partial charge is 0.461 e. The van der Waals surface area contributed by atoms with E-state index < -0.39 is 41.6 Å². The highest BCUT2D eigenvalue weighted by Gasteiger charge is 2.28. The minimum absolute atomic E-state index is 0.0183. The summed E-state index contributed by atoms with van der Waals surface area (Å²) in [5.74, 6) is -1.79. The Kier molecular flexibility index (Phi) is 10.7. The monoisotopic (exact) mass is 449 g/mol. The highest BCUT2D eigenvalue weighted by Crippen LogP contribution is 2.11. The number of amides is 3. The molecule has 0 spiro atoms. The molecule has 9 nitrogen and oxygen atoms in total. The van der Waals surface area contributed by atoms with Gasteiger partial charge in [0.15, 0.2) is 0 Å². The summed E-state index contributed by atoms with van der Waals surface area (Å²) < 4.78 is 10.4. The van der Waals surface area contributed by atoms with Gasteiger partial charge in [-0.15, -0.1) is 0 Å². The van der Waals surface area contributed by atoms with Gasteiger partial charge in [-0.3, -0.25) is 14.4 Å². The smallest absolute Gasteiger partial charge is 0.408 e. The molecule has 0 aliphatic carbocycles. The highest BCUT2D eigenvalue weighted by atomic mass is 16.6. The molecule has 0 aromatic heterocycles. The molecule has 0 aliphatic rings. The Morgan fingerprint density at radius 3 is 2.16 bits per heavy atom. The predicted molar refractivity (Wildman–Crippen MR) is 119 cm³/mol. The van der Waals surface area contributed by atoms with Crippen molar-refractivity contribution in [1.82, 2.24) is 10.6 Å². The maximum Gasteiger partial charge on any atom is 0.408 e. The first kappa shape index (κ1) is 26.9. The molecule has 1 rings (SSSR count). The van der Waals surface area contributed by atoms with Crippen LogP contribution in [0.5, 0.6) is 0 Å². The summed E-state index contributed by atoms with van der Waals surface area (Å²) >= 11 is 0. The summed E-state index contributed by atoms with van der Waals surface area (Å²) in [6.07, 6.45) is -0.529. The molecule has 178 valence electrons. The third-order valence-corrected chi connectivity index (χ3v) is 4.25. The number of ether oxygens (including phenoxy) is 2. The van der Waals surface area contributed by atoms with Gasteiger partial charge in [-0.1, -0.05) is 44.2 Å². The van der Waals surface area contributed by atoms with Gasteiger partial charge in [0, 0.05) is 6.42 Å². The van der Waals surface area contributed by atoms with Crippen LogP contribution in [0.3, 0.4) is 0 Å². The Morgan fingerprint density at radius 1 is 1.00 bits per heavy atom. The molecule has 1 aromatic rings. The number of esters is 1. The SMILES string of the molecule is CC(C)C[C@H](NC(=O)OC(C)(C)C)C(=O)N[C@@H](CCC(=O)OCc1ccccc1)C(N)=O. The fourth-order valence-electron chi connectivity index (χ4n) is 2.78. The molecule has 1 aromatic carbocycles. The van der Waals surface area contributed by atoms with E-state index in [-0.39, 0.29) is 25.4 Å². The van der Waals surface area contributed by atoms with Crippen LogP contribution in [0.25, 0.3) is 0 Å². The summed E-state index contributed by atoms with van der Waals surface area (Å²) in [6.45, 7) is 9.04. The normalized spacial score (nSPS) is 13.1. The predicted octanol–water partition coefficient (Wildman–Crippen LogP) is 2.42. The Bertz CT molecular complexity index is 774. The first-order valence-corrected chi connectivity index (χ1v) is 10.7. The van der Waals surface area contributed by atoms with E-state index >= 15 is 0 Å². The van der Waals surface area contributed by atoms with Gasteiger partial charge >= 0.3 is 12.1 Å². The minimum Gasteiger partial charge on any atom is -0.461 e. The number of hydrogen-bond donors (Lipinski definition) is 3. The van der Waals surface area contributed by atoms with Crippen molar-refractivity contribution in [3.63, 3.8) is 0 Å². The molecule has 0 heterocycles. The first-order valence-electron chi connectivity index (χ1n) is 10.7. The van der Waals surface area contributed by atoms with E-state index in [0.29, 0.717) is 6.42 Å². The minimum atomic E-state index is -1.08. The van der Waals surface area contributed by atoms with Gasteiger partial charge in [0.25, 0.3) is 0 Å². The first-order chi connectivity index (χ1) is 14.9. The number of nitrogens with two attached hydrogens (primary N) is 1. The van der Waals surface area contributed by atoms with Crippen LogP contribution in [0.2, 0.25) is 0 Å². The van der Waals surface area contributed by atoms with Crippen LogP contribution in [0.1, 0.15) is 59.4 Å². The van der Waals surface area contributed by atoms with Crippen molar-refractivity contribution in [3.8, 4) is 0 Å². The van der Waals surface area contributed by atoms with Gasteiger partial charge in [0.05, 0.1) is 0 Å². The molecule has 0 aliphatic heterocycles. The van der Waals surface area contributed by atoms with E-state index in [9.17, 15) is 19.2 Å². The van der Waals surface area contributed by atoms with Gasteiger partial charge < -0.3 is 25.8 Å². The van der Waals surface area contributed by atoms with E-state index in [0.717, 1.165) is 5.56 Å². The quantitative estimate of drug-likeness (QED) is 0.444. The lowest BCUT2D eigenvalue weighted by atomic mass is 10.0. The van der Waals surface area contributed by atoms with Crippen molar-refractivity contribution < 1.29 is 28.7 Å². The Labute approximate surface area is 189 Å². The molecule has 4 N–H and O–H groups in total. The zero-order valence-electron chi connectivity index (χ0n) is 19.5. The zero-order valence-corrected chi connectivity index (χ0v) is 19.5. The van der Waals surface area contributed by atoms with Gasteiger partial charge in [0.1, 0.15) is 24.3 Å².